The van der Waals surface area contributed by atoms with Crippen LogP contribution in [0.1, 0.15) is 25.3 Å². The SMILES string of the molecule is C/C=C\C(NS(=O)(=O)C1CC1)=C(\Nc1ccc(C)cc1F)N(C)C=O. The van der Waals surface area contributed by atoms with Gasteiger partial charge in [0.1, 0.15) is 11.6 Å². The minimum Gasteiger partial charge on any atom is -0.337 e. The van der Waals surface area contributed by atoms with Crippen molar-refractivity contribution >= 4 is 22.1 Å². The molecule has 0 atom stereocenters. The second-order valence-corrected chi connectivity index (χ2v) is 7.89. The first-order chi connectivity index (χ1) is 11.8. The number of allylic oxidation sites excluding steroid dienone is 2. The molecule has 1 aliphatic carbocycles. The predicted octanol–water partition coefficient (Wildman–Crippen LogP) is 2.46. The first-order valence-corrected chi connectivity index (χ1v) is 9.43. The first-order valence-electron chi connectivity index (χ1n) is 7.88. The van der Waals surface area contributed by atoms with Crippen molar-refractivity contribution < 1.29 is 17.6 Å². The number of aryl methyl sites for hydroxylation is 1. The van der Waals surface area contributed by atoms with E-state index in [1.165, 1.54) is 25.3 Å². The highest BCUT2D eigenvalue weighted by Gasteiger charge is 2.36. The Morgan fingerprint density at radius 1 is 1.36 bits per heavy atom. The molecule has 1 fully saturated rings. The molecule has 1 aromatic carbocycles. The van der Waals surface area contributed by atoms with E-state index < -0.39 is 21.1 Å². The number of rotatable bonds is 8. The topological polar surface area (TPSA) is 78.5 Å². The van der Waals surface area contributed by atoms with Gasteiger partial charge in [-0.2, -0.15) is 0 Å². The van der Waals surface area contributed by atoms with E-state index in [4.69, 9.17) is 0 Å². The molecule has 0 aromatic heterocycles. The molecule has 2 N–H and O–H groups in total. The van der Waals surface area contributed by atoms with Gasteiger partial charge >= 0.3 is 0 Å². The maximum Gasteiger partial charge on any atom is 0.235 e. The van der Waals surface area contributed by atoms with E-state index in [0.29, 0.717) is 19.3 Å². The van der Waals surface area contributed by atoms with E-state index in [-0.39, 0.29) is 17.2 Å². The number of carbonyl (C=O) groups excluding carboxylic acids is 1. The molecule has 1 saturated carbocycles. The Bertz CT molecular complexity index is 814. The van der Waals surface area contributed by atoms with E-state index in [2.05, 4.69) is 10.0 Å². The molecular formula is C17H22FN3O3S. The summed E-state index contributed by atoms with van der Waals surface area (Å²) in [5.41, 5.74) is 1.06. The molecule has 1 aliphatic rings. The number of benzene rings is 1. The van der Waals surface area contributed by atoms with Gasteiger partial charge in [-0.3, -0.25) is 9.52 Å². The maximum absolute atomic E-state index is 14.2. The Balaban J connectivity index is 2.46. The normalized spacial score (nSPS) is 15.7. The zero-order chi connectivity index (χ0) is 18.6. The van der Waals surface area contributed by atoms with Crippen LogP contribution in [0.5, 0.6) is 0 Å². The van der Waals surface area contributed by atoms with E-state index in [0.717, 1.165) is 10.5 Å². The highest BCUT2D eigenvalue weighted by atomic mass is 32.2. The third kappa shape index (κ3) is 4.82. The van der Waals surface area contributed by atoms with Gasteiger partial charge in [-0.25, -0.2) is 12.8 Å². The van der Waals surface area contributed by atoms with Crippen molar-refractivity contribution in [1.29, 1.82) is 0 Å². The quantitative estimate of drug-likeness (QED) is 0.546. The van der Waals surface area contributed by atoms with E-state index in [1.807, 2.05) is 0 Å². The van der Waals surface area contributed by atoms with E-state index in [1.54, 1.807) is 26.0 Å². The number of hydrogen-bond acceptors (Lipinski definition) is 4. The molecule has 25 heavy (non-hydrogen) atoms. The van der Waals surface area contributed by atoms with Crippen LogP contribution in [0.25, 0.3) is 0 Å². The molecule has 1 aromatic rings. The van der Waals surface area contributed by atoms with Crippen LogP contribution in [0.15, 0.2) is 41.9 Å². The fraction of sp³-hybridized carbons (Fsp3) is 0.353. The van der Waals surface area contributed by atoms with Gasteiger partial charge in [0.25, 0.3) is 0 Å². The lowest BCUT2D eigenvalue weighted by molar-refractivity contribution is -0.115. The molecule has 2 rings (SSSR count). The second kappa shape index (κ2) is 7.69. The van der Waals surface area contributed by atoms with Gasteiger partial charge < -0.3 is 10.2 Å². The fourth-order valence-electron chi connectivity index (χ4n) is 2.19. The molecule has 0 unspecified atom stereocenters. The molecule has 0 bridgehead atoms. The Hall–Kier alpha value is -2.35. The van der Waals surface area contributed by atoms with Crippen molar-refractivity contribution in [3.8, 4) is 0 Å². The molecule has 136 valence electrons. The van der Waals surface area contributed by atoms with Crippen LogP contribution in [0.2, 0.25) is 0 Å². The summed E-state index contributed by atoms with van der Waals surface area (Å²) in [6.07, 6.45) is 4.89. The van der Waals surface area contributed by atoms with Crippen LogP contribution in [-0.2, 0) is 14.8 Å². The Labute approximate surface area is 147 Å². The Kier molecular flexibility index (Phi) is 5.84. The van der Waals surface area contributed by atoms with Crippen LogP contribution in [0.4, 0.5) is 10.1 Å². The minimum absolute atomic E-state index is 0.139. The molecule has 6 nitrogen and oxygen atoms in total. The minimum atomic E-state index is -3.54. The third-order valence-electron chi connectivity index (χ3n) is 3.69. The van der Waals surface area contributed by atoms with Gasteiger partial charge in [-0.1, -0.05) is 12.1 Å². The average Bonchev–Trinajstić information content (AvgIpc) is 3.38. The number of amides is 1. The number of anilines is 1. The standard InChI is InChI=1S/C17H22FN3O3S/c1-4-5-16(20-25(23,24)13-7-8-13)17(21(3)11-22)19-15-9-6-12(2)10-14(15)18/h4-6,9-11,13,19-20H,7-8H2,1-3H3/b5-4-,17-16+. The van der Waals surface area contributed by atoms with Crippen molar-refractivity contribution in [2.45, 2.75) is 31.9 Å². The monoisotopic (exact) mass is 367 g/mol. The summed E-state index contributed by atoms with van der Waals surface area (Å²) in [5.74, 6) is -0.359. The maximum atomic E-state index is 14.2. The number of nitrogens with one attached hydrogen (secondary N) is 2. The zero-order valence-corrected chi connectivity index (χ0v) is 15.2. The van der Waals surface area contributed by atoms with Gasteiger partial charge in [0.2, 0.25) is 16.4 Å². The summed E-state index contributed by atoms with van der Waals surface area (Å²) in [6.45, 7) is 3.48. The first kappa shape index (κ1) is 19.0. The summed E-state index contributed by atoms with van der Waals surface area (Å²) in [6, 6.07) is 4.60. The highest BCUT2D eigenvalue weighted by Crippen LogP contribution is 2.28. The summed E-state index contributed by atoms with van der Waals surface area (Å²) in [7, 11) is -2.09. The summed E-state index contributed by atoms with van der Waals surface area (Å²) in [5, 5.41) is 2.39. The largest absolute Gasteiger partial charge is 0.337 e. The molecule has 1 amide bonds. The lowest BCUT2D eigenvalue weighted by atomic mass is 10.2. The summed E-state index contributed by atoms with van der Waals surface area (Å²) < 4.78 is 41.2. The number of halogens is 1. The van der Waals surface area contributed by atoms with E-state index >= 15 is 0 Å². The zero-order valence-electron chi connectivity index (χ0n) is 14.4. The second-order valence-electron chi connectivity index (χ2n) is 5.93. The van der Waals surface area contributed by atoms with Crippen molar-refractivity contribution in [3.63, 3.8) is 0 Å². The average molecular weight is 367 g/mol. The van der Waals surface area contributed by atoms with Crippen LogP contribution < -0.4 is 10.0 Å². The van der Waals surface area contributed by atoms with Crippen LogP contribution >= 0.6 is 0 Å². The number of sulfonamides is 1. The molecule has 8 heteroatoms. The van der Waals surface area contributed by atoms with Crippen LogP contribution in [-0.4, -0.2) is 32.0 Å². The number of carbonyl (C=O) groups is 1. The van der Waals surface area contributed by atoms with Crippen molar-refractivity contribution in [3.05, 3.63) is 53.2 Å². The lowest BCUT2D eigenvalue weighted by Gasteiger charge is -2.22. The van der Waals surface area contributed by atoms with Crippen LogP contribution in [0.3, 0.4) is 0 Å². The number of hydrogen-bond donors (Lipinski definition) is 2. The third-order valence-corrected chi connectivity index (χ3v) is 5.55. The summed E-state index contributed by atoms with van der Waals surface area (Å²) in [4.78, 5) is 12.4. The molecular weight excluding hydrogens is 345 g/mol. The van der Waals surface area contributed by atoms with Gasteiger partial charge in [-0.05, 0) is 50.5 Å². The van der Waals surface area contributed by atoms with Gasteiger partial charge in [0, 0.05) is 7.05 Å². The molecule has 0 saturated heterocycles. The van der Waals surface area contributed by atoms with Gasteiger partial charge in [0.05, 0.1) is 16.6 Å². The molecule has 0 spiro atoms. The molecule has 0 radical (unpaired) electrons. The highest BCUT2D eigenvalue weighted by molar-refractivity contribution is 7.90. The van der Waals surface area contributed by atoms with Crippen molar-refractivity contribution in [2.24, 2.45) is 0 Å². The lowest BCUT2D eigenvalue weighted by Crippen LogP contribution is -2.32. The molecule has 0 heterocycles. The van der Waals surface area contributed by atoms with Gasteiger partial charge in [-0.15, -0.1) is 0 Å². The number of nitrogens with zero attached hydrogens (tertiary/aromatic N) is 1. The van der Waals surface area contributed by atoms with Crippen molar-refractivity contribution in [2.75, 3.05) is 12.4 Å². The van der Waals surface area contributed by atoms with Crippen molar-refractivity contribution in [1.82, 2.24) is 9.62 Å². The predicted molar refractivity (Wildman–Crippen MR) is 95.5 cm³/mol. The fourth-order valence-corrected chi connectivity index (χ4v) is 3.58. The van der Waals surface area contributed by atoms with Gasteiger partial charge in [0.15, 0.2) is 0 Å². The smallest absolute Gasteiger partial charge is 0.235 e. The molecule has 0 aliphatic heterocycles. The van der Waals surface area contributed by atoms with E-state index in [9.17, 15) is 17.6 Å². The Morgan fingerprint density at radius 3 is 2.56 bits per heavy atom. The van der Waals surface area contributed by atoms with Crippen LogP contribution in [0, 0.1) is 12.7 Å². The summed E-state index contributed by atoms with van der Waals surface area (Å²) >= 11 is 0. The Morgan fingerprint density at radius 2 is 2.04 bits per heavy atom.